The van der Waals surface area contributed by atoms with Crippen LogP contribution in [0.2, 0.25) is 0 Å². The van der Waals surface area contributed by atoms with E-state index >= 15 is 0 Å². The van der Waals surface area contributed by atoms with Gasteiger partial charge in [-0.1, -0.05) is 28.7 Å². The summed E-state index contributed by atoms with van der Waals surface area (Å²) in [5.41, 5.74) is 0.705. The fourth-order valence-electron chi connectivity index (χ4n) is 0.831. The molecule has 1 aromatic carbocycles. The van der Waals surface area contributed by atoms with Gasteiger partial charge in [0.2, 0.25) is 5.91 Å². The molecular formula is C12H21NO2. The van der Waals surface area contributed by atoms with E-state index in [2.05, 4.69) is 5.32 Å². The van der Waals surface area contributed by atoms with Crippen LogP contribution >= 0.6 is 0 Å². The van der Waals surface area contributed by atoms with Crippen LogP contribution in [0.3, 0.4) is 0 Å². The minimum Gasteiger partial charge on any atom is -0.508 e. The van der Waals surface area contributed by atoms with Crippen LogP contribution in [0, 0.1) is 5.92 Å². The number of carbonyl (C=O) groups excluding carboxylic acids is 1. The number of phenols is 1. The van der Waals surface area contributed by atoms with Crippen LogP contribution < -0.4 is 5.32 Å². The number of amides is 1. The van der Waals surface area contributed by atoms with Crippen LogP contribution in [-0.2, 0) is 4.79 Å². The summed E-state index contributed by atoms with van der Waals surface area (Å²) in [6.45, 7) is 3.66. The molecule has 1 amide bonds. The van der Waals surface area contributed by atoms with E-state index in [4.69, 9.17) is 5.11 Å². The molecule has 3 heteroatoms. The number of aromatic hydroxyl groups is 1. The smallest absolute Gasteiger partial charge is 0.226 e. The first-order valence-corrected chi connectivity index (χ1v) is 4.19. The first-order valence-electron chi connectivity index (χ1n) is 4.19. The number of carbonyl (C=O) groups is 1. The van der Waals surface area contributed by atoms with Gasteiger partial charge in [-0.2, -0.15) is 0 Å². The lowest BCUT2D eigenvalue weighted by atomic mass is 10.2. The van der Waals surface area contributed by atoms with Crippen molar-refractivity contribution in [2.24, 2.45) is 5.92 Å². The highest BCUT2D eigenvalue weighted by Gasteiger charge is 2.06. The highest BCUT2D eigenvalue weighted by atomic mass is 16.3. The van der Waals surface area contributed by atoms with Gasteiger partial charge in [0.1, 0.15) is 5.75 Å². The summed E-state index contributed by atoms with van der Waals surface area (Å²) in [5, 5.41) is 11.7. The lowest BCUT2D eigenvalue weighted by Crippen LogP contribution is -2.17. The zero-order valence-corrected chi connectivity index (χ0v) is 7.74. The van der Waals surface area contributed by atoms with Gasteiger partial charge in [-0.05, 0) is 24.3 Å². The van der Waals surface area contributed by atoms with Crippen LogP contribution in [0.1, 0.15) is 28.7 Å². The summed E-state index contributed by atoms with van der Waals surface area (Å²) >= 11 is 0. The van der Waals surface area contributed by atoms with Gasteiger partial charge in [-0.3, -0.25) is 4.79 Å². The molecule has 0 saturated carbocycles. The first kappa shape index (κ1) is 15.9. The van der Waals surface area contributed by atoms with Crippen molar-refractivity contribution >= 4 is 11.6 Å². The largest absolute Gasteiger partial charge is 0.508 e. The van der Waals surface area contributed by atoms with Gasteiger partial charge in [-0.25, -0.2) is 0 Å². The molecule has 86 valence electrons. The average molecular weight is 211 g/mol. The molecule has 0 aromatic heterocycles. The number of hydrogen-bond acceptors (Lipinski definition) is 2. The molecule has 0 aliphatic heterocycles. The van der Waals surface area contributed by atoms with Crippen molar-refractivity contribution in [2.45, 2.75) is 28.7 Å². The van der Waals surface area contributed by atoms with Gasteiger partial charge in [0.25, 0.3) is 0 Å². The Labute approximate surface area is 92.1 Å². The number of benzene rings is 1. The lowest BCUT2D eigenvalue weighted by molar-refractivity contribution is -0.118. The fourth-order valence-corrected chi connectivity index (χ4v) is 0.831. The topological polar surface area (TPSA) is 49.3 Å². The van der Waals surface area contributed by atoms with Gasteiger partial charge >= 0.3 is 0 Å². The van der Waals surface area contributed by atoms with Crippen LogP contribution in [-0.4, -0.2) is 11.0 Å². The van der Waals surface area contributed by atoms with Crippen LogP contribution in [0.4, 0.5) is 5.69 Å². The van der Waals surface area contributed by atoms with Gasteiger partial charge in [0, 0.05) is 11.6 Å². The molecule has 0 unspecified atom stereocenters. The molecule has 0 fully saturated rings. The Hall–Kier alpha value is -1.51. The Morgan fingerprint density at radius 2 is 1.67 bits per heavy atom. The third kappa shape index (κ3) is 5.05. The van der Waals surface area contributed by atoms with Crippen molar-refractivity contribution in [2.75, 3.05) is 5.32 Å². The molecule has 0 spiro atoms. The van der Waals surface area contributed by atoms with E-state index in [0.29, 0.717) is 5.69 Å². The van der Waals surface area contributed by atoms with E-state index in [1.165, 1.54) is 12.1 Å². The second-order valence-electron chi connectivity index (χ2n) is 3.19. The summed E-state index contributed by atoms with van der Waals surface area (Å²) in [6.07, 6.45) is 0. The van der Waals surface area contributed by atoms with Gasteiger partial charge in [0.05, 0.1) is 0 Å². The van der Waals surface area contributed by atoms with Crippen molar-refractivity contribution in [1.29, 1.82) is 0 Å². The predicted octanol–water partition coefficient (Wildman–Crippen LogP) is 3.26. The zero-order valence-electron chi connectivity index (χ0n) is 7.74. The average Bonchev–Trinajstić information content (AvgIpc) is 2.08. The van der Waals surface area contributed by atoms with E-state index in [0.717, 1.165) is 0 Å². The number of phenolic OH excluding ortho intramolecular Hbond substituents is 1. The molecule has 2 N–H and O–H groups in total. The molecule has 1 rings (SSSR count). The second-order valence-corrected chi connectivity index (χ2v) is 3.19. The Morgan fingerprint density at radius 1 is 1.20 bits per heavy atom. The summed E-state index contributed by atoms with van der Waals surface area (Å²) in [6, 6.07) is 6.40. The highest BCUT2D eigenvalue weighted by Crippen LogP contribution is 2.14. The molecule has 0 radical (unpaired) electrons. The molecule has 0 aliphatic rings. The van der Waals surface area contributed by atoms with Crippen molar-refractivity contribution in [3.63, 3.8) is 0 Å². The van der Waals surface area contributed by atoms with E-state index in [1.54, 1.807) is 12.1 Å². The Morgan fingerprint density at radius 3 is 2.07 bits per heavy atom. The summed E-state index contributed by atoms with van der Waals surface area (Å²) in [4.78, 5) is 11.2. The number of hydrogen-bond donors (Lipinski definition) is 2. The molecular weight excluding hydrogens is 190 g/mol. The summed E-state index contributed by atoms with van der Waals surface area (Å²) in [5.74, 6) is 0.141. The standard InChI is InChI=1S/C10H13NO2.2CH4/c1-7(2)10(13)11-8-3-5-9(12)6-4-8;;/h3-7,12H,1-2H3,(H,11,13);2*1H4. The minimum absolute atomic E-state index is 0. The van der Waals surface area contributed by atoms with E-state index in [1.807, 2.05) is 13.8 Å². The molecule has 1 aromatic rings. The van der Waals surface area contributed by atoms with Crippen LogP contribution in [0.15, 0.2) is 24.3 Å². The van der Waals surface area contributed by atoms with Gasteiger partial charge in [-0.15, -0.1) is 0 Å². The molecule has 0 heterocycles. The van der Waals surface area contributed by atoms with Crippen molar-refractivity contribution in [3.05, 3.63) is 24.3 Å². The third-order valence-electron chi connectivity index (χ3n) is 1.66. The summed E-state index contributed by atoms with van der Waals surface area (Å²) < 4.78 is 0. The molecule has 0 aliphatic carbocycles. The van der Waals surface area contributed by atoms with Crippen molar-refractivity contribution in [1.82, 2.24) is 0 Å². The maximum absolute atomic E-state index is 11.2. The minimum atomic E-state index is -0.0335. The van der Waals surface area contributed by atoms with Gasteiger partial charge in [0.15, 0.2) is 0 Å². The molecule has 0 bridgehead atoms. The third-order valence-corrected chi connectivity index (χ3v) is 1.66. The Kier molecular flexibility index (Phi) is 7.30. The van der Waals surface area contributed by atoms with E-state index < -0.39 is 0 Å². The van der Waals surface area contributed by atoms with Crippen molar-refractivity contribution < 1.29 is 9.90 Å². The zero-order chi connectivity index (χ0) is 9.84. The molecule has 3 nitrogen and oxygen atoms in total. The van der Waals surface area contributed by atoms with Gasteiger partial charge < -0.3 is 10.4 Å². The summed E-state index contributed by atoms with van der Waals surface area (Å²) in [7, 11) is 0. The number of anilines is 1. The van der Waals surface area contributed by atoms with Crippen LogP contribution in [0.5, 0.6) is 5.75 Å². The Balaban J connectivity index is 0. The fraction of sp³-hybridized carbons (Fsp3) is 0.417. The maximum Gasteiger partial charge on any atom is 0.226 e. The Bertz CT molecular complexity index is 291. The SMILES string of the molecule is C.C.CC(C)C(=O)Nc1ccc(O)cc1. The van der Waals surface area contributed by atoms with Crippen LogP contribution in [0.25, 0.3) is 0 Å². The lowest BCUT2D eigenvalue weighted by Gasteiger charge is -2.06. The molecule has 0 saturated heterocycles. The maximum atomic E-state index is 11.2. The highest BCUT2D eigenvalue weighted by molar-refractivity contribution is 5.92. The normalized spacial score (nSPS) is 8.73. The number of nitrogens with one attached hydrogen (secondary N) is 1. The molecule has 15 heavy (non-hydrogen) atoms. The number of rotatable bonds is 2. The second kappa shape index (κ2) is 6.87. The van der Waals surface area contributed by atoms with Crippen molar-refractivity contribution in [3.8, 4) is 5.75 Å². The predicted molar refractivity (Wildman–Crippen MR) is 65.0 cm³/mol. The monoisotopic (exact) mass is 211 g/mol. The van der Waals surface area contributed by atoms with E-state index in [9.17, 15) is 4.79 Å². The van der Waals surface area contributed by atoms with E-state index in [-0.39, 0.29) is 32.4 Å². The first-order chi connectivity index (χ1) is 6.09. The quantitative estimate of drug-likeness (QED) is 0.738. The molecule has 0 atom stereocenters.